The summed E-state index contributed by atoms with van der Waals surface area (Å²) < 4.78 is 16.2. The van der Waals surface area contributed by atoms with E-state index in [0.717, 1.165) is 16.7 Å². The van der Waals surface area contributed by atoms with Crippen LogP contribution in [0.4, 0.5) is 5.69 Å². The fourth-order valence-corrected chi connectivity index (χ4v) is 3.83. The van der Waals surface area contributed by atoms with Gasteiger partial charge in [0.25, 0.3) is 11.8 Å². The first-order valence-electron chi connectivity index (χ1n) is 10.4. The van der Waals surface area contributed by atoms with Crippen molar-refractivity contribution in [1.29, 1.82) is 0 Å². The Balaban J connectivity index is 1.69. The van der Waals surface area contributed by atoms with Gasteiger partial charge < -0.3 is 19.5 Å². The van der Waals surface area contributed by atoms with Crippen molar-refractivity contribution in [2.45, 2.75) is 27.2 Å². The van der Waals surface area contributed by atoms with E-state index in [-0.39, 0.29) is 24.3 Å². The van der Waals surface area contributed by atoms with Crippen LogP contribution in [0.25, 0.3) is 5.57 Å². The molecule has 162 valence electrons. The minimum absolute atomic E-state index is 0.167. The number of amides is 2. The zero-order valence-corrected chi connectivity index (χ0v) is 18.0. The van der Waals surface area contributed by atoms with Crippen LogP contribution in [0, 0.1) is 13.8 Å². The highest BCUT2D eigenvalue weighted by molar-refractivity contribution is 6.36. The third-order valence-corrected chi connectivity index (χ3v) is 5.34. The van der Waals surface area contributed by atoms with E-state index >= 15 is 0 Å². The third-order valence-electron chi connectivity index (χ3n) is 5.34. The van der Waals surface area contributed by atoms with Crippen LogP contribution in [0.1, 0.15) is 30.0 Å². The number of ether oxygens (including phenoxy) is 3. The zero-order valence-electron chi connectivity index (χ0n) is 18.0. The molecule has 0 spiro atoms. The first kappa shape index (κ1) is 20.9. The van der Waals surface area contributed by atoms with Crippen molar-refractivity contribution in [3.05, 3.63) is 58.8 Å². The molecule has 0 atom stereocenters. The van der Waals surface area contributed by atoms with Gasteiger partial charge in [-0.3, -0.25) is 14.5 Å². The molecule has 2 aliphatic heterocycles. The molecule has 0 saturated carbocycles. The minimum atomic E-state index is -0.339. The Morgan fingerprint density at radius 3 is 2.61 bits per heavy atom. The van der Waals surface area contributed by atoms with E-state index < -0.39 is 0 Å². The zero-order chi connectivity index (χ0) is 22.0. The Morgan fingerprint density at radius 1 is 1.03 bits per heavy atom. The van der Waals surface area contributed by atoms with Crippen molar-refractivity contribution in [2.75, 3.05) is 31.9 Å². The smallest absolute Gasteiger partial charge is 0.278 e. The van der Waals surface area contributed by atoms with E-state index in [1.54, 1.807) is 18.2 Å². The molecule has 7 heteroatoms. The summed E-state index contributed by atoms with van der Waals surface area (Å²) in [6, 6.07) is 11.2. The maximum absolute atomic E-state index is 13.3. The first-order valence-corrected chi connectivity index (χ1v) is 10.4. The van der Waals surface area contributed by atoms with Crippen LogP contribution in [0.5, 0.6) is 11.5 Å². The number of imide groups is 1. The van der Waals surface area contributed by atoms with Gasteiger partial charge in [0.15, 0.2) is 11.5 Å². The molecule has 31 heavy (non-hydrogen) atoms. The van der Waals surface area contributed by atoms with Crippen LogP contribution in [0.2, 0.25) is 0 Å². The Bertz CT molecular complexity index is 1060. The molecule has 2 heterocycles. The topological polar surface area (TPSA) is 77.1 Å². The van der Waals surface area contributed by atoms with E-state index in [9.17, 15) is 9.59 Å². The standard InChI is InChI=1S/C24H26N2O5/c1-4-29-11-5-10-26-23(27)21(18-8-6-15(2)12-16(18)3)22(24(26)28)25-17-7-9-19-20(13-17)31-14-30-19/h6-9,12-13,25H,4-5,10-11,14H2,1-3H3. The molecule has 0 radical (unpaired) electrons. The van der Waals surface area contributed by atoms with Crippen molar-refractivity contribution >= 4 is 23.1 Å². The van der Waals surface area contributed by atoms with Crippen molar-refractivity contribution in [3.63, 3.8) is 0 Å². The van der Waals surface area contributed by atoms with Crippen LogP contribution in [0.15, 0.2) is 42.1 Å². The number of carbonyl (C=O) groups excluding carboxylic acids is 2. The van der Waals surface area contributed by atoms with Crippen molar-refractivity contribution < 1.29 is 23.8 Å². The van der Waals surface area contributed by atoms with E-state index in [2.05, 4.69) is 5.32 Å². The largest absolute Gasteiger partial charge is 0.454 e. The number of rotatable bonds is 8. The summed E-state index contributed by atoms with van der Waals surface area (Å²) in [5, 5.41) is 3.17. The summed E-state index contributed by atoms with van der Waals surface area (Å²) in [6.45, 7) is 7.43. The fraction of sp³-hybridized carbons (Fsp3) is 0.333. The molecule has 0 bridgehead atoms. The van der Waals surface area contributed by atoms with Gasteiger partial charge in [-0.1, -0.05) is 23.8 Å². The number of fused-ring (bicyclic) bond motifs is 1. The summed E-state index contributed by atoms with van der Waals surface area (Å²) in [6.07, 6.45) is 0.586. The summed E-state index contributed by atoms with van der Waals surface area (Å²) >= 11 is 0. The molecule has 1 N–H and O–H groups in total. The second-order valence-corrected chi connectivity index (χ2v) is 7.57. The number of carbonyl (C=O) groups is 2. The number of hydrogen-bond donors (Lipinski definition) is 1. The molecule has 0 aromatic heterocycles. The highest BCUT2D eigenvalue weighted by atomic mass is 16.7. The lowest BCUT2D eigenvalue weighted by Crippen LogP contribution is -2.34. The Morgan fingerprint density at radius 2 is 1.84 bits per heavy atom. The maximum Gasteiger partial charge on any atom is 0.278 e. The van der Waals surface area contributed by atoms with Crippen LogP contribution < -0.4 is 14.8 Å². The van der Waals surface area contributed by atoms with Crippen molar-refractivity contribution in [2.24, 2.45) is 0 Å². The lowest BCUT2D eigenvalue weighted by atomic mass is 9.97. The molecule has 0 fully saturated rings. The number of nitrogens with zero attached hydrogens (tertiary/aromatic N) is 1. The average molecular weight is 422 g/mol. The average Bonchev–Trinajstić information content (AvgIpc) is 3.29. The number of benzene rings is 2. The first-order chi connectivity index (χ1) is 15.0. The second kappa shape index (κ2) is 8.81. The molecular formula is C24H26N2O5. The lowest BCUT2D eigenvalue weighted by molar-refractivity contribution is -0.137. The van der Waals surface area contributed by atoms with Crippen LogP contribution in [-0.4, -0.2) is 43.3 Å². The molecule has 2 aromatic carbocycles. The van der Waals surface area contributed by atoms with E-state index in [1.165, 1.54) is 4.90 Å². The van der Waals surface area contributed by atoms with Crippen LogP contribution >= 0.6 is 0 Å². The Labute approximate surface area is 181 Å². The van der Waals surface area contributed by atoms with Crippen molar-refractivity contribution in [3.8, 4) is 11.5 Å². The van der Waals surface area contributed by atoms with Gasteiger partial charge in [0, 0.05) is 31.5 Å². The van der Waals surface area contributed by atoms with Crippen molar-refractivity contribution in [1.82, 2.24) is 4.90 Å². The highest BCUT2D eigenvalue weighted by Crippen LogP contribution is 2.37. The van der Waals surface area contributed by atoms with E-state index in [0.29, 0.717) is 48.9 Å². The predicted octanol–water partition coefficient (Wildman–Crippen LogP) is 3.65. The second-order valence-electron chi connectivity index (χ2n) is 7.57. The molecular weight excluding hydrogens is 396 g/mol. The Kier molecular flexibility index (Phi) is 5.95. The van der Waals surface area contributed by atoms with Gasteiger partial charge in [-0.15, -0.1) is 0 Å². The fourth-order valence-electron chi connectivity index (χ4n) is 3.83. The van der Waals surface area contributed by atoms with Crippen LogP contribution in [-0.2, 0) is 14.3 Å². The molecule has 2 aromatic rings. The SMILES string of the molecule is CCOCCCN1C(=O)C(Nc2ccc3c(c2)OCO3)=C(c2ccc(C)cc2C)C1=O. The Hall–Kier alpha value is -3.32. The maximum atomic E-state index is 13.3. The summed E-state index contributed by atoms with van der Waals surface area (Å²) in [7, 11) is 0. The number of nitrogens with one attached hydrogen (secondary N) is 1. The van der Waals surface area contributed by atoms with E-state index in [4.69, 9.17) is 14.2 Å². The summed E-state index contributed by atoms with van der Waals surface area (Å²) in [5.41, 5.74) is 4.09. The molecule has 0 aliphatic carbocycles. The third kappa shape index (κ3) is 4.14. The monoisotopic (exact) mass is 422 g/mol. The quantitative estimate of drug-likeness (QED) is 0.517. The van der Waals surface area contributed by atoms with Gasteiger partial charge in [-0.25, -0.2) is 0 Å². The van der Waals surface area contributed by atoms with Gasteiger partial charge in [0.05, 0.1) is 5.57 Å². The van der Waals surface area contributed by atoms with Gasteiger partial charge in [0.2, 0.25) is 6.79 Å². The molecule has 2 amide bonds. The van der Waals surface area contributed by atoms with Gasteiger partial charge in [-0.05, 0) is 50.5 Å². The number of aryl methyl sites for hydroxylation is 2. The number of anilines is 1. The molecule has 2 aliphatic rings. The molecule has 4 rings (SSSR count). The van der Waals surface area contributed by atoms with Gasteiger partial charge in [-0.2, -0.15) is 0 Å². The summed E-state index contributed by atoms with van der Waals surface area (Å²) in [5.74, 6) is 0.621. The predicted molar refractivity (Wildman–Crippen MR) is 117 cm³/mol. The van der Waals surface area contributed by atoms with E-state index in [1.807, 2.05) is 39.0 Å². The summed E-state index contributed by atoms with van der Waals surface area (Å²) in [4.78, 5) is 27.9. The van der Waals surface area contributed by atoms with Crippen LogP contribution in [0.3, 0.4) is 0 Å². The lowest BCUT2D eigenvalue weighted by Gasteiger charge is -2.15. The van der Waals surface area contributed by atoms with Gasteiger partial charge in [0.1, 0.15) is 5.70 Å². The normalized spacial score (nSPS) is 15.3. The van der Waals surface area contributed by atoms with Gasteiger partial charge >= 0.3 is 0 Å². The molecule has 7 nitrogen and oxygen atoms in total. The minimum Gasteiger partial charge on any atom is -0.454 e. The highest BCUT2D eigenvalue weighted by Gasteiger charge is 2.39. The molecule has 0 unspecified atom stereocenters. The number of hydrogen-bond acceptors (Lipinski definition) is 6. The molecule has 0 saturated heterocycles.